The molecule has 1 aromatic rings. The van der Waals surface area contributed by atoms with E-state index < -0.39 is 0 Å². The van der Waals surface area contributed by atoms with Crippen molar-refractivity contribution in [3.05, 3.63) is 27.5 Å². The molecule has 0 aliphatic rings. The van der Waals surface area contributed by atoms with Gasteiger partial charge in [0.2, 0.25) is 0 Å². The molecule has 1 rings (SSSR count). The highest BCUT2D eigenvalue weighted by Gasteiger charge is 1.97. The molecular weight excluding hydrogens is 168 g/mol. The number of hydrogen-bond donors (Lipinski definition) is 0. The lowest BCUT2D eigenvalue weighted by Gasteiger charge is -1.91. The number of rotatable bonds is 2. The largest absolute Gasteiger partial charge is 0.295 e. The van der Waals surface area contributed by atoms with Crippen molar-refractivity contribution < 1.29 is 4.79 Å². The Balaban J connectivity index is 2.87. The minimum Gasteiger partial charge on any atom is -0.295 e. The SMILES string of the molecule is CC(=O)/C(C)=C/c1csc(C)c1. The van der Waals surface area contributed by atoms with E-state index in [1.165, 1.54) is 4.88 Å². The molecule has 0 radical (unpaired) electrons. The summed E-state index contributed by atoms with van der Waals surface area (Å²) < 4.78 is 0. The van der Waals surface area contributed by atoms with Gasteiger partial charge in [-0.1, -0.05) is 0 Å². The van der Waals surface area contributed by atoms with Crippen molar-refractivity contribution in [2.75, 3.05) is 0 Å². The molecule has 0 saturated heterocycles. The van der Waals surface area contributed by atoms with E-state index in [0.29, 0.717) is 0 Å². The molecule has 1 heterocycles. The van der Waals surface area contributed by atoms with Gasteiger partial charge in [0.05, 0.1) is 0 Å². The zero-order valence-corrected chi connectivity index (χ0v) is 8.37. The molecule has 0 fully saturated rings. The monoisotopic (exact) mass is 180 g/mol. The van der Waals surface area contributed by atoms with Gasteiger partial charge in [0.25, 0.3) is 0 Å². The third kappa shape index (κ3) is 2.31. The molecule has 0 atom stereocenters. The Morgan fingerprint density at radius 1 is 1.50 bits per heavy atom. The highest BCUT2D eigenvalue weighted by atomic mass is 32.1. The van der Waals surface area contributed by atoms with Crippen molar-refractivity contribution in [2.24, 2.45) is 0 Å². The van der Waals surface area contributed by atoms with E-state index in [-0.39, 0.29) is 5.78 Å². The number of aryl methyl sites for hydroxylation is 1. The average Bonchev–Trinajstić information content (AvgIpc) is 2.35. The van der Waals surface area contributed by atoms with Crippen molar-refractivity contribution in [1.82, 2.24) is 0 Å². The van der Waals surface area contributed by atoms with Crippen LogP contribution in [-0.2, 0) is 4.79 Å². The van der Waals surface area contributed by atoms with Crippen LogP contribution in [0.5, 0.6) is 0 Å². The minimum absolute atomic E-state index is 0.138. The Morgan fingerprint density at radius 2 is 2.17 bits per heavy atom. The first kappa shape index (κ1) is 9.20. The summed E-state index contributed by atoms with van der Waals surface area (Å²) in [5.74, 6) is 0.138. The number of thiophene rings is 1. The third-order valence-corrected chi connectivity index (χ3v) is 2.57. The van der Waals surface area contributed by atoms with Crippen LogP contribution in [0.15, 0.2) is 17.0 Å². The molecule has 12 heavy (non-hydrogen) atoms. The molecule has 0 aliphatic carbocycles. The fourth-order valence-corrected chi connectivity index (χ4v) is 1.55. The zero-order valence-electron chi connectivity index (χ0n) is 7.55. The average molecular weight is 180 g/mol. The number of hydrogen-bond acceptors (Lipinski definition) is 2. The van der Waals surface area contributed by atoms with Gasteiger partial charge in [-0.25, -0.2) is 0 Å². The summed E-state index contributed by atoms with van der Waals surface area (Å²) >= 11 is 1.70. The number of Topliss-reactive ketones (excluding diaryl/α,β-unsaturated/α-hetero) is 1. The highest BCUT2D eigenvalue weighted by Crippen LogP contribution is 2.16. The van der Waals surface area contributed by atoms with E-state index in [1.54, 1.807) is 18.3 Å². The number of carbonyl (C=O) groups is 1. The summed E-state index contributed by atoms with van der Waals surface area (Å²) in [6.45, 7) is 5.49. The first-order valence-corrected chi connectivity index (χ1v) is 4.72. The molecule has 0 unspecified atom stereocenters. The second-order valence-corrected chi connectivity index (χ2v) is 3.99. The Kier molecular flexibility index (Phi) is 2.82. The van der Waals surface area contributed by atoms with Crippen LogP contribution in [0.25, 0.3) is 6.08 Å². The molecule has 1 aromatic heterocycles. The molecule has 0 spiro atoms. The fraction of sp³-hybridized carbons (Fsp3) is 0.300. The number of allylic oxidation sites excluding steroid dienone is 1. The lowest BCUT2D eigenvalue weighted by molar-refractivity contribution is -0.113. The maximum Gasteiger partial charge on any atom is 0.155 e. The van der Waals surface area contributed by atoms with Gasteiger partial charge in [0.1, 0.15) is 0 Å². The van der Waals surface area contributed by atoms with Crippen LogP contribution < -0.4 is 0 Å². The van der Waals surface area contributed by atoms with Crippen molar-refractivity contribution >= 4 is 23.2 Å². The molecule has 0 saturated carbocycles. The standard InChI is InChI=1S/C10H12OS/c1-7(9(3)11)4-10-5-8(2)12-6-10/h4-6H,1-3H3/b7-4+. The molecule has 0 bridgehead atoms. The van der Waals surface area contributed by atoms with E-state index in [2.05, 4.69) is 18.4 Å². The summed E-state index contributed by atoms with van der Waals surface area (Å²) in [6, 6.07) is 2.08. The van der Waals surface area contributed by atoms with Gasteiger partial charge < -0.3 is 0 Å². The van der Waals surface area contributed by atoms with E-state index in [0.717, 1.165) is 11.1 Å². The summed E-state index contributed by atoms with van der Waals surface area (Å²) in [4.78, 5) is 12.2. The topological polar surface area (TPSA) is 17.1 Å². The smallest absolute Gasteiger partial charge is 0.155 e. The van der Waals surface area contributed by atoms with Crippen LogP contribution >= 0.6 is 11.3 Å². The molecule has 0 N–H and O–H groups in total. The van der Waals surface area contributed by atoms with Crippen molar-refractivity contribution in [3.8, 4) is 0 Å². The summed E-state index contributed by atoms with van der Waals surface area (Å²) in [6.07, 6.45) is 1.92. The van der Waals surface area contributed by atoms with Crippen LogP contribution in [0.2, 0.25) is 0 Å². The zero-order chi connectivity index (χ0) is 9.14. The number of ketones is 1. The van der Waals surface area contributed by atoms with Crippen LogP contribution in [0.4, 0.5) is 0 Å². The number of carbonyl (C=O) groups excluding carboxylic acids is 1. The quantitative estimate of drug-likeness (QED) is 0.639. The molecule has 2 heteroatoms. The first-order chi connectivity index (χ1) is 5.59. The van der Waals surface area contributed by atoms with Gasteiger partial charge in [-0.2, -0.15) is 0 Å². The maximum absolute atomic E-state index is 10.9. The highest BCUT2D eigenvalue weighted by molar-refractivity contribution is 7.10. The molecule has 0 amide bonds. The molecule has 64 valence electrons. The Bertz CT molecular complexity index is 320. The van der Waals surface area contributed by atoms with Gasteiger partial charge in [0, 0.05) is 4.88 Å². The van der Waals surface area contributed by atoms with Crippen LogP contribution in [0.1, 0.15) is 24.3 Å². The predicted octanol–water partition coefficient (Wildman–Crippen LogP) is 3.05. The van der Waals surface area contributed by atoms with Gasteiger partial charge >= 0.3 is 0 Å². The summed E-state index contributed by atoms with van der Waals surface area (Å²) in [5.41, 5.74) is 1.94. The van der Waals surface area contributed by atoms with Gasteiger partial charge in [-0.3, -0.25) is 4.79 Å². The maximum atomic E-state index is 10.9. The lowest BCUT2D eigenvalue weighted by Crippen LogP contribution is -1.89. The van der Waals surface area contributed by atoms with Gasteiger partial charge in [0.15, 0.2) is 5.78 Å². The normalized spacial score (nSPS) is 11.8. The molecular formula is C10H12OS. The first-order valence-electron chi connectivity index (χ1n) is 3.84. The Morgan fingerprint density at radius 3 is 2.58 bits per heavy atom. The molecule has 0 aromatic carbocycles. The minimum atomic E-state index is 0.138. The van der Waals surface area contributed by atoms with E-state index >= 15 is 0 Å². The van der Waals surface area contributed by atoms with Crippen LogP contribution in [-0.4, -0.2) is 5.78 Å². The Labute approximate surface area is 76.7 Å². The van der Waals surface area contributed by atoms with Gasteiger partial charge in [-0.05, 0) is 49.4 Å². The van der Waals surface area contributed by atoms with Gasteiger partial charge in [-0.15, -0.1) is 11.3 Å². The van der Waals surface area contributed by atoms with Crippen molar-refractivity contribution in [3.63, 3.8) is 0 Å². The lowest BCUT2D eigenvalue weighted by atomic mass is 10.1. The van der Waals surface area contributed by atoms with Crippen LogP contribution in [0.3, 0.4) is 0 Å². The molecule has 1 nitrogen and oxygen atoms in total. The fourth-order valence-electron chi connectivity index (χ4n) is 0.891. The van der Waals surface area contributed by atoms with E-state index in [4.69, 9.17) is 0 Å². The second-order valence-electron chi connectivity index (χ2n) is 2.87. The van der Waals surface area contributed by atoms with Crippen molar-refractivity contribution in [2.45, 2.75) is 20.8 Å². The summed E-state index contributed by atoms with van der Waals surface area (Å²) in [5, 5.41) is 2.06. The predicted molar refractivity (Wildman–Crippen MR) is 53.4 cm³/mol. The molecule has 0 aliphatic heterocycles. The van der Waals surface area contributed by atoms with E-state index in [9.17, 15) is 4.79 Å². The van der Waals surface area contributed by atoms with Crippen LogP contribution in [0, 0.1) is 6.92 Å². The second kappa shape index (κ2) is 3.68. The summed E-state index contributed by atoms with van der Waals surface area (Å²) in [7, 11) is 0. The Hall–Kier alpha value is -0.890. The van der Waals surface area contributed by atoms with E-state index in [1.807, 2.05) is 13.0 Å². The third-order valence-electron chi connectivity index (χ3n) is 1.69. The van der Waals surface area contributed by atoms with Crippen molar-refractivity contribution in [1.29, 1.82) is 0 Å².